The molecule has 1 unspecified atom stereocenters. The fourth-order valence-corrected chi connectivity index (χ4v) is 5.96. The van der Waals surface area contributed by atoms with E-state index in [1.807, 2.05) is 0 Å². The number of nitrogens with zero attached hydrogens (tertiary/aromatic N) is 3. The first-order valence-corrected chi connectivity index (χ1v) is 14.2. The molecule has 2 aromatic carbocycles. The van der Waals surface area contributed by atoms with Gasteiger partial charge in [-0.15, -0.1) is 0 Å². The van der Waals surface area contributed by atoms with Crippen molar-refractivity contribution in [3.8, 4) is 5.75 Å². The molecule has 1 N–H and O–H groups in total. The van der Waals surface area contributed by atoms with Crippen LogP contribution in [0.15, 0.2) is 59.6 Å². The standard InChI is InChI=1S/C27H30N4O7S/c1-36-23-17-20(26(32)30-12-14-31(15-13-30)27(33)38-18-21-7-4-16-37-21)9-10-22(23)29-39(34,35)24-8-2-5-19-6-3-11-28-25(19)24/h2-3,5-6,8-11,17,21,29H,4,7,12-16,18H2,1H3. The summed E-state index contributed by atoms with van der Waals surface area (Å²) < 4.78 is 45.3. The lowest BCUT2D eigenvalue weighted by molar-refractivity contribution is 0.0225. The highest BCUT2D eigenvalue weighted by Crippen LogP contribution is 2.30. The fourth-order valence-electron chi connectivity index (χ4n) is 4.71. The molecule has 2 fully saturated rings. The summed E-state index contributed by atoms with van der Waals surface area (Å²) in [7, 11) is -2.59. The molecule has 0 saturated carbocycles. The summed E-state index contributed by atoms with van der Waals surface area (Å²) in [6, 6.07) is 13.0. The van der Waals surface area contributed by atoms with E-state index in [4.69, 9.17) is 14.2 Å². The predicted octanol–water partition coefficient (Wildman–Crippen LogP) is 3.12. The van der Waals surface area contributed by atoms with Gasteiger partial charge in [0.2, 0.25) is 0 Å². The molecule has 5 rings (SSSR count). The normalized spacial score (nSPS) is 17.7. The van der Waals surface area contributed by atoms with Gasteiger partial charge in [-0.2, -0.15) is 0 Å². The highest BCUT2D eigenvalue weighted by molar-refractivity contribution is 7.93. The van der Waals surface area contributed by atoms with E-state index in [-0.39, 0.29) is 35.0 Å². The molecule has 3 heterocycles. The van der Waals surface area contributed by atoms with Gasteiger partial charge in [-0.1, -0.05) is 18.2 Å². The average molecular weight is 555 g/mol. The maximum absolute atomic E-state index is 13.2. The molecule has 3 aromatic rings. The number of rotatable bonds is 7. The Bertz CT molecular complexity index is 1460. The number of ether oxygens (including phenoxy) is 3. The Balaban J connectivity index is 1.23. The molecule has 2 saturated heterocycles. The van der Waals surface area contributed by atoms with Gasteiger partial charge in [0.15, 0.2) is 0 Å². The number of aromatic nitrogens is 1. The lowest BCUT2D eigenvalue weighted by Gasteiger charge is -2.34. The quantitative estimate of drug-likeness (QED) is 0.472. The third-order valence-corrected chi connectivity index (χ3v) is 8.22. The summed E-state index contributed by atoms with van der Waals surface area (Å²) in [6.07, 6.45) is 2.96. The first-order chi connectivity index (χ1) is 18.9. The molecular weight excluding hydrogens is 524 g/mol. The second-order valence-corrected chi connectivity index (χ2v) is 11.0. The van der Waals surface area contributed by atoms with E-state index in [2.05, 4.69) is 9.71 Å². The summed E-state index contributed by atoms with van der Waals surface area (Å²) in [5.41, 5.74) is 0.894. The van der Waals surface area contributed by atoms with E-state index in [0.717, 1.165) is 12.8 Å². The number of nitrogens with one attached hydrogen (secondary N) is 1. The van der Waals surface area contributed by atoms with Crippen LogP contribution >= 0.6 is 0 Å². The Morgan fingerprint density at radius 3 is 2.59 bits per heavy atom. The highest BCUT2D eigenvalue weighted by atomic mass is 32.2. The van der Waals surface area contributed by atoms with Crippen molar-refractivity contribution in [3.63, 3.8) is 0 Å². The van der Waals surface area contributed by atoms with Gasteiger partial charge in [-0.3, -0.25) is 14.5 Å². The van der Waals surface area contributed by atoms with Crippen LogP contribution in [-0.2, 0) is 19.5 Å². The van der Waals surface area contributed by atoms with Gasteiger partial charge in [0.05, 0.1) is 24.4 Å². The van der Waals surface area contributed by atoms with Gasteiger partial charge in [-0.05, 0) is 43.2 Å². The molecular formula is C27H30N4O7S. The monoisotopic (exact) mass is 554 g/mol. The minimum absolute atomic E-state index is 0.0370. The Hall–Kier alpha value is -3.90. The number of anilines is 1. The molecule has 0 bridgehead atoms. The van der Waals surface area contributed by atoms with Crippen LogP contribution in [0.1, 0.15) is 23.2 Å². The molecule has 206 valence electrons. The Kier molecular flexibility index (Phi) is 7.84. The van der Waals surface area contributed by atoms with Gasteiger partial charge in [0.1, 0.15) is 17.3 Å². The van der Waals surface area contributed by atoms with E-state index in [0.29, 0.717) is 49.3 Å². The topological polar surface area (TPSA) is 127 Å². The summed E-state index contributed by atoms with van der Waals surface area (Å²) in [5.74, 6) is -0.0395. The largest absolute Gasteiger partial charge is 0.495 e. The zero-order chi connectivity index (χ0) is 27.4. The van der Waals surface area contributed by atoms with E-state index >= 15 is 0 Å². The van der Waals surface area contributed by atoms with Gasteiger partial charge in [0, 0.05) is 49.9 Å². The summed E-state index contributed by atoms with van der Waals surface area (Å²) in [6.45, 7) is 2.33. The molecule has 39 heavy (non-hydrogen) atoms. The molecule has 0 radical (unpaired) electrons. The minimum Gasteiger partial charge on any atom is -0.495 e. The smallest absolute Gasteiger partial charge is 0.409 e. The second-order valence-electron chi connectivity index (χ2n) is 9.34. The molecule has 12 heteroatoms. The predicted molar refractivity (Wildman–Crippen MR) is 143 cm³/mol. The van der Waals surface area contributed by atoms with E-state index in [1.165, 1.54) is 31.5 Å². The fraction of sp³-hybridized carbons (Fsp3) is 0.370. The Labute approximate surface area is 226 Å². The van der Waals surface area contributed by atoms with Crippen molar-refractivity contribution < 1.29 is 32.2 Å². The summed E-state index contributed by atoms with van der Waals surface area (Å²) >= 11 is 0. The van der Waals surface area contributed by atoms with E-state index < -0.39 is 16.1 Å². The number of fused-ring (bicyclic) bond motifs is 1. The first kappa shape index (κ1) is 26.7. The van der Waals surface area contributed by atoms with Crippen LogP contribution in [0, 0.1) is 0 Å². The highest BCUT2D eigenvalue weighted by Gasteiger charge is 2.28. The second kappa shape index (κ2) is 11.5. The van der Waals surface area contributed by atoms with Crippen molar-refractivity contribution >= 4 is 38.6 Å². The van der Waals surface area contributed by atoms with Crippen molar-refractivity contribution in [2.24, 2.45) is 0 Å². The minimum atomic E-state index is -4.00. The maximum atomic E-state index is 13.2. The van der Waals surface area contributed by atoms with Crippen LogP contribution in [-0.4, -0.2) is 87.8 Å². The lowest BCUT2D eigenvalue weighted by atomic mass is 10.1. The van der Waals surface area contributed by atoms with Gasteiger partial charge in [-0.25, -0.2) is 13.2 Å². The third-order valence-electron chi connectivity index (χ3n) is 6.82. The number of piperazine rings is 1. The number of methoxy groups -OCH3 is 1. The third kappa shape index (κ3) is 5.91. The molecule has 0 spiro atoms. The number of sulfonamides is 1. The summed E-state index contributed by atoms with van der Waals surface area (Å²) in [4.78, 5) is 33.0. The zero-order valence-corrected chi connectivity index (χ0v) is 22.4. The van der Waals surface area contributed by atoms with Crippen LogP contribution in [0.3, 0.4) is 0 Å². The maximum Gasteiger partial charge on any atom is 0.409 e. The number of carbonyl (C=O) groups excluding carboxylic acids is 2. The van der Waals surface area contributed by atoms with Gasteiger partial charge >= 0.3 is 6.09 Å². The van der Waals surface area contributed by atoms with Crippen LogP contribution in [0.2, 0.25) is 0 Å². The number of benzene rings is 2. The van der Waals surface area contributed by atoms with Crippen LogP contribution in [0.4, 0.5) is 10.5 Å². The number of pyridine rings is 1. The molecule has 0 aliphatic carbocycles. The number of hydrogen-bond acceptors (Lipinski definition) is 8. The van der Waals surface area contributed by atoms with Crippen molar-refractivity contribution in [1.82, 2.24) is 14.8 Å². The van der Waals surface area contributed by atoms with Crippen LogP contribution in [0.25, 0.3) is 10.9 Å². The van der Waals surface area contributed by atoms with Crippen LogP contribution in [0.5, 0.6) is 5.75 Å². The van der Waals surface area contributed by atoms with Crippen molar-refractivity contribution in [2.45, 2.75) is 23.8 Å². The van der Waals surface area contributed by atoms with Gasteiger partial charge in [0.25, 0.3) is 15.9 Å². The molecule has 2 amide bonds. The SMILES string of the molecule is COc1cc(C(=O)N2CCN(C(=O)OCC3CCCO3)CC2)ccc1NS(=O)(=O)c1cccc2cccnc12. The molecule has 1 atom stereocenters. The number of hydrogen-bond donors (Lipinski definition) is 1. The van der Waals surface area contributed by atoms with E-state index in [1.54, 1.807) is 40.1 Å². The Morgan fingerprint density at radius 1 is 1.08 bits per heavy atom. The lowest BCUT2D eigenvalue weighted by Crippen LogP contribution is -2.51. The summed E-state index contributed by atoms with van der Waals surface area (Å²) in [5, 5.41) is 0.699. The Morgan fingerprint density at radius 2 is 1.85 bits per heavy atom. The molecule has 2 aliphatic rings. The van der Waals surface area contributed by atoms with Crippen molar-refractivity contribution in [1.29, 1.82) is 0 Å². The molecule has 2 aliphatic heterocycles. The van der Waals surface area contributed by atoms with Crippen LogP contribution < -0.4 is 9.46 Å². The average Bonchev–Trinajstić information content (AvgIpc) is 3.49. The van der Waals surface area contributed by atoms with Crippen molar-refractivity contribution in [3.05, 3.63) is 60.3 Å². The number of para-hydroxylation sites is 1. The van der Waals surface area contributed by atoms with Gasteiger partial charge < -0.3 is 24.0 Å². The zero-order valence-electron chi connectivity index (χ0n) is 21.5. The first-order valence-electron chi connectivity index (χ1n) is 12.7. The van der Waals surface area contributed by atoms with E-state index in [9.17, 15) is 18.0 Å². The molecule has 11 nitrogen and oxygen atoms in total. The number of amides is 2. The molecule has 1 aromatic heterocycles. The number of carbonyl (C=O) groups is 2. The van der Waals surface area contributed by atoms with Crippen molar-refractivity contribution in [2.75, 3.05) is 51.2 Å².